The van der Waals surface area contributed by atoms with Gasteiger partial charge in [-0.2, -0.15) is 0 Å². The molecule has 138 valence electrons. The summed E-state index contributed by atoms with van der Waals surface area (Å²) in [6.07, 6.45) is 3.21. The number of nitrogens with two attached hydrogens (primary N) is 1. The van der Waals surface area contributed by atoms with E-state index in [4.69, 9.17) is 10.5 Å². The van der Waals surface area contributed by atoms with E-state index in [-0.39, 0.29) is 17.4 Å². The molecule has 1 aromatic rings. The molecule has 0 saturated heterocycles. The SMILES string of the molecule is CCOc1ccccc1C(=O)NCCCC(=O)NC(C)(CN)C1CC1. The van der Waals surface area contributed by atoms with Gasteiger partial charge in [-0.15, -0.1) is 0 Å². The lowest BCUT2D eigenvalue weighted by Gasteiger charge is -2.29. The van der Waals surface area contributed by atoms with Crippen molar-refractivity contribution in [1.82, 2.24) is 10.6 Å². The average molecular weight is 347 g/mol. The Morgan fingerprint density at radius 1 is 1.32 bits per heavy atom. The number of ether oxygens (including phenoxy) is 1. The molecular formula is C19H29N3O3. The maximum Gasteiger partial charge on any atom is 0.255 e. The largest absolute Gasteiger partial charge is 0.493 e. The zero-order valence-electron chi connectivity index (χ0n) is 15.1. The molecule has 1 saturated carbocycles. The van der Waals surface area contributed by atoms with Crippen LogP contribution in [0.25, 0.3) is 0 Å². The zero-order chi connectivity index (χ0) is 18.3. The van der Waals surface area contributed by atoms with Crippen molar-refractivity contribution >= 4 is 11.8 Å². The van der Waals surface area contributed by atoms with Gasteiger partial charge in [0, 0.05) is 19.5 Å². The Hall–Kier alpha value is -2.08. The molecule has 0 spiro atoms. The molecule has 6 heteroatoms. The third-order valence-electron chi connectivity index (χ3n) is 4.63. The van der Waals surface area contributed by atoms with E-state index < -0.39 is 0 Å². The molecule has 1 unspecified atom stereocenters. The molecule has 1 aliphatic carbocycles. The van der Waals surface area contributed by atoms with E-state index in [0.29, 0.717) is 49.8 Å². The summed E-state index contributed by atoms with van der Waals surface area (Å²) in [5.41, 5.74) is 6.03. The summed E-state index contributed by atoms with van der Waals surface area (Å²) in [4.78, 5) is 24.4. The Bertz CT molecular complexity index is 601. The lowest BCUT2D eigenvalue weighted by Crippen LogP contribution is -2.53. The van der Waals surface area contributed by atoms with Crippen LogP contribution in [0.1, 0.15) is 49.9 Å². The zero-order valence-corrected chi connectivity index (χ0v) is 15.1. The van der Waals surface area contributed by atoms with Gasteiger partial charge in [-0.3, -0.25) is 9.59 Å². The van der Waals surface area contributed by atoms with Crippen LogP contribution in [0.15, 0.2) is 24.3 Å². The molecule has 25 heavy (non-hydrogen) atoms. The van der Waals surface area contributed by atoms with Gasteiger partial charge in [0.05, 0.1) is 17.7 Å². The lowest BCUT2D eigenvalue weighted by molar-refractivity contribution is -0.123. The number of rotatable bonds is 10. The number of amides is 2. The molecule has 2 amide bonds. The summed E-state index contributed by atoms with van der Waals surface area (Å²) in [6, 6.07) is 7.14. The van der Waals surface area contributed by atoms with Crippen LogP contribution in [0.2, 0.25) is 0 Å². The third-order valence-corrected chi connectivity index (χ3v) is 4.63. The van der Waals surface area contributed by atoms with Gasteiger partial charge >= 0.3 is 0 Å². The Balaban J connectivity index is 1.73. The first-order valence-electron chi connectivity index (χ1n) is 9.01. The number of carbonyl (C=O) groups excluding carboxylic acids is 2. The van der Waals surface area contributed by atoms with Crippen molar-refractivity contribution < 1.29 is 14.3 Å². The molecule has 1 fully saturated rings. The molecule has 0 aromatic heterocycles. The molecule has 2 rings (SSSR count). The summed E-state index contributed by atoms with van der Waals surface area (Å²) >= 11 is 0. The monoisotopic (exact) mass is 347 g/mol. The maximum absolute atomic E-state index is 12.2. The predicted octanol–water partition coefficient (Wildman–Crippen LogP) is 1.84. The van der Waals surface area contributed by atoms with Gasteiger partial charge in [-0.1, -0.05) is 12.1 Å². The first kappa shape index (κ1) is 19.2. The van der Waals surface area contributed by atoms with E-state index in [1.54, 1.807) is 18.2 Å². The highest BCUT2D eigenvalue weighted by Gasteiger charge is 2.41. The summed E-state index contributed by atoms with van der Waals surface area (Å²) < 4.78 is 5.46. The highest BCUT2D eigenvalue weighted by Crippen LogP contribution is 2.38. The molecule has 1 aromatic carbocycles. The van der Waals surface area contributed by atoms with Gasteiger partial charge in [-0.05, 0) is 51.2 Å². The molecule has 0 radical (unpaired) electrons. The van der Waals surface area contributed by atoms with Crippen molar-refractivity contribution in [2.45, 2.75) is 45.1 Å². The standard InChI is InChI=1S/C19H29N3O3/c1-3-25-16-8-5-4-7-15(16)18(24)21-12-6-9-17(23)22-19(2,13-20)14-10-11-14/h4-5,7-8,14H,3,6,9-13,20H2,1-2H3,(H,21,24)(H,22,23). The molecule has 6 nitrogen and oxygen atoms in total. The van der Waals surface area contributed by atoms with Crippen molar-refractivity contribution in [3.63, 3.8) is 0 Å². The van der Waals surface area contributed by atoms with E-state index in [2.05, 4.69) is 10.6 Å². The van der Waals surface area contributed by atoms with Crippen LogP contribution in [-0.4, -0.2) is 37.0 Å². The maximum atomic E-state index is 12.2. The number of carbonyl (C=O) groups is 2. The van der Waals surface area contributed by atoms with Gasteiger partial charge in [0.25, 0.3) is 5.91 Å². The van der Waals surface area contributed by atoms with E-state index in [0.717, 1.165) is 12.8 Å². The third kappa shape index (κ3) is 5.46. The van der Waals surface area contributed by atoms with Crippen LogP contribution >= 0.6 is 0 Å². The van der Waals surface area contributed by atoms with Crippen molar-refractivity contribution in [2.75, 3.05) is 19.7 Å². The van der Waals surface area contributed by atoms with Gasteiger partial charge < -0.3 is 21.1 Å². The van der Waals surface area contributed by atoms with Crippen LogP contribution in [0.3, 0.4) is 0 Å². The van der Waals surface area contributed by atoms with E-state index in [1.165, 1.54) is 0 Å². The summed E-state index contributed by atoms with van der Waals surface area (Å²) in [7, 11) is 0. The lowest BCUT2D eigenvalue weighted by atomic mass is 9.95. The summed E-state index contributed by atoms with van der Waals surface area (Å²) in [6.45, 7) is 5.29. The predicted molar refractivity (Wildman–Crippen MR) is 97.5 cm³/mol. The van der Waals surface area contributed by atoms with Crippen molar-refractivity contribution in [3.05, 3.63) is 29.8 Å². The highest BCUT2D eigenvalue weighted by molar-refractivity contribution is 5.96. The van der Waals surface area contributed by atoms with Crippen LogP contribution in [0.4, 0.5) is 0 Å². The minimum absolute atomic E-state index is 0.0104. The summed E-state index contributed by atoms with van der Waals surface area (Å²) in [5, 5.41) is 5.90. The Morgan fingerprint density at radius 3 is 2.68 bits per heavy atom. The fourth-order valence-electron chi connectivity index (χ4n) is 2.90. The van der Waals surface area contributed by atoms with Gasteiger partial charge in [-0.25, -0.2) is 0 Å². The highest BCUT2D eigenvalue weighted by atomic mass is 16.5. The molecule has 0 aliphatic heterocycles. The van der Waals surface area contributed by atoms with E-state index >= 15 is 0 Å². The van der Waals surface area contributed by atoms with Crippen molar-refractivity contribution in [2.24, 2.45) is 11.7 Å². The molecule has 4 N–H and O–H groups in total. The minimum Gasteiger partial charge on any atom is -0.493 e. The fourth-order valence-corrected chi connectivity index (χ4v) is 2.90. The van der Waals surface area contributed by atoms with E-state index in [1.807, 2.05) is 19.9 Å². The second kappa shape index (κ2) is 8.85. The summed E-state index contributed by atoms with van der Waals surface area (Å²) in [5.74, 6) is 0.873. The van der Waals surface area contributed by atoms with Crippen LogP contribution in [0, 0.1) is 5.92 Å². The van der Waals surface area contributed by atoms with Crippen LogP contribution in [-0.2, 0) is 4.79 Å². The molecule has 1 aliphatic rings. The first-order chi connectivity index (χ1) is 12.0. The molecule has 0 bridgehead atoms. The topological polar surface area (TPSA) is 93.4 Å². The normalized spacial score (nSPS) is 16.0. The second-order valence-electron chi connectivity index (χ2n) is 6.73. The smallest absolute Gasteiger partial charge is 0.255 e. The fraction of sp³-hybridized carbons (Fsp3) is 0.579. The Morgan fingerprint density at radius 2 is 2.04 bits per heavy atom. The number of hydrogen-bond acceptors (Lipinski definition) is 4. The van der Waals surface area contributed by atoms with Crippen LogP contribution in [0.5, 0.6) is 5.75 Å². The first-order valence-corrected chi connectivity index (χ1v) is 9.01. The van der Waals surface area contributed by atoms with Crippen molar-refractivity contribution in [3.8, 4) is 5.75 Å². The van der Waals surface area contributed by atoms with Crippen molar-refractivity contribution in [1.29, 1.82) is 0 Å². The molecule has 1 atom stereocenters. The second-order valence-corrected chi connectivity index (χ2v) is 6.73. The Kier molecular flexibility index (Phi) is 6.82. The number of nitrogens with one attached hydrogen (secondary N) is 2. The minimum atomic E-state index is -0.295. The van der Waals surface area contributed by atoms with E-state index in [9.17, 15) is 9.59 Å². The number of hydrogen-bond donors (Lipinski definition) is 3. The van der Waals surface area contributed by atoms with Gasteiger partial charge in [0.2, 0.25) is 5.91 Å². The van der Waals surface area contributed by atoms with Crippen LogP contribution < -0.4 is 21.1 Å². The quantitative estimate of drug-likeness (QED) is 0.563. The number of benzene rings is 1. The molecule has 0 heterocycles. The Labute approximate surface area is 149 Å². The average Bonchev–Trinajstić information content (AvgIpc) is 3.45. The van der Waals surface area contributed by atoms with Gasteiger partial charge in [0.15, 0.2) is 0 Å². The molecular weight excluding hydrogens is 318 g/mol. The van der Waals surface area contributed by atoms with Gasteiger partial charge in [0.1, 0.15) is 5.75 Å². The number of para-hydroxylation sites is 1.